The molecule has 0 unspecified atom stereocenters. The molecule has 0 atom stereocenters. The largest absolute Gasteiger partial charge is 0.493 e. The van der Waals surface area contributed by atoms with Crippen LogP contribution in [0, 0.1) is 6.92 Å². The molecule has 1 amide bonds. The molecule has 0 fully saturated rings. The second-order valence-electron chi connectivity index (χ2n) is 6.95. The Morgan fingerprint density at radius 1 is 0.935 bits per heavy atom. The van der Waals surface area contributed by atoms with Crippen molar-refractivity contribution >= 4 is 27.6 Å². The third-order valence-electron chi connectivity index (χ3n) is 4.36. The van der Waals surface area contributed by atoms with E-state index in [1.807, 2.05) is 0 Å². The van der Waals surface area contributed by atoms with Crippen LogP contribution in [-0.4, -0.2) is 47.7 Å². The van der Waals surface area contributed by atoms with Gasteiger partial charge >= 0.3 is 5.97 Å². The summed E-state index contributed by atoms with van der Waals surface area (Å²) in [7, 11) is -0.210. The summed E-state index contributed by atoms with van der Waals surface area (Å²) in [6.45, 7) is 5.32. The van der Waals surface area contributed by atoms with E-state index in [-0.39, 0.29) is 45.2 Å². The van der Waals surface area contributed by atoms with Crippen LogP contribution in [-0.2, 0) is 14.8 Å². The predicted octanol–water partition coefficient (Wildman–Crippen LogP) is 2.74. The van der Waals surface area contributed by atoms with Crippen LogP contribution in [0.2, 0.25) is 0 Å². The molecular formula is C21H26N2O7S. The highest BCUT2D eigenvalue weighted by atomic mass is 32.2. The zero-order valence-corrected chi connectivity index (χ0v) is 19.0. The molecule has 0 heterocycles. The van der Waals surface area contributed by atoms with Crippen molar-refractivity contribution in [3.8, 4) is 11.5 Å². The highest BCUT2D eigenvalue weighted by Crippen LogP contribution is 2.35. The molecular weight excluding hydrogens is 424 g/mol. The Bertz CT molecular complexity index is 1100. The van der Waals surface area contributed by atoms with Crippen molar-refractivity contribution in [3.63, 3.8) is 0 Å². The molecule has 9 nitrogen and oxygen atoms in total. The minimum atomic E-state index is -4.16. The monoisotopic (exact) mass is 450 g/mol. The molecule has 0 spiro atoms. The number of hydrogen-bond acceptors (Lipinski definition) is 7. The quantitative estimate of drug-likeness (QED) is 0.593. The van der Waals surface area contributed by atoms with Crippen molar-refractivity contribution in [3.05, 3.63) is 47.0 Å². The number of amides is 1. The van der Waals surface area contributed by atoms with Crippen molar-refractivity contribution in [2.75, 3.05) is 26.1 Å². The molecule has 2 aromatic rings. The van der Waals surface area contributed by atoms with Crippen LogP contribution < -0.4 is 19.5 Å². The molecule has 10 heteroatoms. The minimum absolute atomic E-state index is 0.0572. The minimum Gasteiger partial charge on any atom is -0.493 e. The Hall–Kier alpha value is -3.27. The lowest BCUT2D eigenvalue weighted by atomic mass is 10.1. The first-order valence-electron chi connectivity index (χ1n) is 9.32. The average Bonchev–Trinajstić information content (AvgIpc) is 2.72. The number of benzene rings is 2. The van der Waals surface area contributed by atoms with Gasteiger partial charge in [0.1, 0.15) is 0 Å². The van der Waals surface area contributed by atoms with Gasteiger partial charge in [-0.2, -0.15) is 0 Å². The van der Waals surface area contributed by atoms with Crippen LogP contribution in [0.5, 0.6) is 11.5 Å². The summed E-state index contributed by atoms with van der Waals surface area (Å²) in [5.74, 6) is -0.701. The molecule has 2 rings (SSSR count). The molecule has 0 aliphatic heterocycles. The van der Waals surface area contributed by atoms with E-state index in [1.54, 1.807) is 26.8 Å². The third-order valence-corrected chi connectivity index (χ3v) is 5.72. The number of sulfonamides is 1. The van der Waals surface area contributed by atoms with E-state index in [0.29, 0.717) is 5.56 Å². The van der Waals surface area contributed by atoms with Crippen LogP contribution in [0.15, 0.2) is 35.2 Å². The zero-order valence-electron chi connectivity index (χ0n) is 18.2. The van der Waals surface area contributed by atoms with Crippen molar-refractivity contribution in [2.24, 2.45) is 0 Å². The molecule has 2 N–H and O–H groups in total. The molecule has 0 aliphatic rings. The fourth-order valence-electron chi connectivity index (χ4n) is 2.80. The molecule has 0 radical (unpaired) electrons. The van der Waals surface area contributed by atoms with Gasteiger partial charge in [-0.05, 0) is 38.5 Å². The fourth-order valence-corrected chi connectivity index (χ4v) is 3.90. The SMILES string of the molecule is COC(=O)c1cc(OC)c(OC)cc1NS(=O)(=O)c1ccc(C)c(C(=O)NC(C)C)c1. The van der Waals surface area contributed by atoms with Crippen molar-refractivity contribution in [2.45, 2.75) is 31.7 Å². The number of methoxy groups -OCH3 is 3. The van der Waals surface area contributed by atoms with E-state index in [4.69, 9.17) is 14.2 Å². The number of anilines is 1. The Morgan fingerprint density at radius 3 is 2.10 bits per heavy atom. The third kappa shape index (κ3) is 5.46. The van der Waals surface area contributed by atoms with Gasteiger partial charge in [0.2, 0.25) is 0 Å². The van der Waals surface area contributed by atoms with Gasteiger partial charge < -0.3 is 19.5 Å². The van der Waals surface area contributed by atoms with Crippen molar-refractivity contribution < 1.29 is 32.2 Å². The van der Waals surface area contributed by atoms with Gasteiger partial charge in [-0.3, -0.25) is 9.52 Å². The smallest absolute Gasteiger partial charge is 0.340 e. The summed E-state index contributed by atoms with van der Waals surface area (Å²) in [4.78, 5) is 24.5. The van der Waals surface area contributed by atoms with Crippen molar-refractivity contribution in [1.29, 1.82) is 0 Å². The fraction of sp³-hybridized carbons (Fsp3) is 0.333. The van der Waals surface area contributed by atoms with Crippen LogP contribution in [0.4, 0.5) is 5.69 Å². The maximum absolute atomic E-state index is 13.1. The highest BCUT2D eigenvalue weighted by Gasteiger charge is 2.24. The lowest BCUT2D eigenvalue weighted by molar-refractivity contribution is 0.0601. The number of rotatable bonds is 8. The average molecular weight is 451 g/mol. The number of ether oxygens (including phenoxy) is 3. The maximum atomic E-state index is 13.1. The summed E-state index contributed by atoms with van der Waals surface area (Å²) in [5, 5.41) is 2.74. The first-order chi connectivity index (χ1) is 14.5. The summed E-state index contributed by atoms with van der Waals surface area (Å²) in [6, 6.07) is 6.73. The summed E-state index contributed by atoms with van der Waals surface area (Å²) in [6.07, 6.45) is 0. The topological polar surface area (TPSA) is 120 Å². The van der Waals surface area contributed by atoms with Gasteiger partial charge in [-0.25, -0.2) is 13.2 Å². The first kappa shape index (κ1) is 24.0. The van der Waals surface area contributed by atoms with Gasteiger partial charge in [0.25, 0.3) is 15.9 Å². The van der Waals surface area contributed by atoms with E-state index in [1.165, 1.54) is 45.6 Å². The van der Waals surface area contributed by atoms with E-state index < -0.39 is 16.0 Å². The highest BCUT2D eigenvalue weighted by molar-refractivity contribution is 7.92. The number of hydrogen-bond donors (Lipinski definition) is 2. The normalized spacial score (nSPS) is 11.1. The number of carbonyl (C=O) groups is 2. The first-order valence-corrected chi connectivity index (χ1v) is 10.8. The maximum Gasteiger partial charge on any atom is 0.340 e. The molecule has 0 bridgehead atoms. The number of nitrogens with one attached hydrogen (secondary N) is 2. The van der Waals surface area contributed by atoms with Gasteiger partial charge in [0, 0.05) is 23.7 Å². The molecule has 168 valence electrons. The Morgan fingerprint density at radius 2 is 1.55 bits per heavy atom. The second-order valence-corrected chi connectivity index (χ2v) is 8.64. The second kappa shape index (κ2) is 9.69. The predicted molar refractivity (Wildman–Crippen MR) is 115 cm³/mol. The van der Waals surface area contributed by atoms with E-state index in [2.05, 4.69) is 10.0 Å². The van der Waals surface area contributed by atoms with Crippen LogP contribution in [0.1, 0.15) is 40.1 Å². The zero-order chi connectivity index (χ0) is 23.3. The number of aryl methyl sites for hydroxylation is 1. The molecule has 0 aliphatic carbocycles. The number of carbonyl (C=O) groups excluding carboxylic acids is 2. The van der Waals surface area contributed by atoms with Gasteiger partial charge in [-0.1, -0.05) is 6.07 Å². The summed E-state index contributed by atoms with van der Waals surface area (Å²) in [5.41, 5.74) is 0.738. The Balaban J connectivity index is 2.53. The van der Waals surface area contributed by atoms with Crippen LogP contribution >= 0.6 is 0 Å². The standard InChI is InChI=1S/C21H26N2O7S/c1-12(2)22-20(24)15-9-14(8-7-13(15)3)31(26,27)23-17-11-19(29-5)18(28-4)10-16(17)21(25)30-6/h7-12,23H,1-6H3,(H,22,24). The summed E-state index contributed by atoms with van der Waals surface area (Å²) >= 11 is 0. The Labute approximate surface area is 181 Å². The molecule has 0 saturated carbocycles. The lowest BCUT2D eigenvalue weighted by Gasteiger charge is -2.16. The van der Waals surface area contributed by atoms with Crippen LogP contribution in [0.3, 0.4) is 0 Å². The van der Waals surface area contributed by atoms with E-state index >= 15 is 0 Å². The molecule has 31 heavy (non-hydrogen) atoms. The number of esters is 1. The summed E-state index contributed by atoms with van der Waals surface area (Å²) < 4.78 is 43.6. The van der Waals surface area contributed by atoms with E-state index in [9.17, 15) is 18.0 Å². The molecule has 2 aromatic carbocycles. The van der Waals surface area contributed by atoms with Gasteiger partial charge in [0.05, 0.1) is 37.5 Å². The Kier molecular flexibility index (Phi) is 7.50. The molecule has 0 saturated heterocycles. The van der Waals surface area contributed by atoms with Crippen molar-refractivity contribution in [1.82, 2.24) is 5.32 Å². The van der Waals surface area contributed by atoms with Gasteiger partial charge in [-0.15, -0.1) is 0 Å². The van der Waals surface area contributed by atoms with Crippen LogP contribution in [0.25, 0.3) is 0 Å². The van der Waals surface area contributed by atoms with Gasteiger partial charge in [0.15, 0.2) is 11.5 Å². The lowest BCUT2D eigenvalue weighted by Crippen LogP contribution is -2.30. The molecule has 0 aromatic heterocycles. The van der Waals surface area contributed by atoms with E-state index in [0.717, 1.165) is 0 Å².